The second kappa shape index (κ2) is 5.46. The van der Waals surface area contributed by atoms with E-state index in [0.29, 0.717) is 23.1 Å². The number of H-pyrrole nitrogens is 1. The number of amides is 1. The van der Waals surface area contributed by atoms with Crippen molar-refractivity contribution in [3.63, 3.8) is 0 Å². The molecule has 1 aromatic carbocycles. The smallest absolute Gasteiger partial charge is 0.287 e. The van der Waals surface area contributed by atoms with Crippen molar-refractivity contribution >= 4 is 28.5 Å². The van der Waals surface area contributed by atoms with Crippen molar-refractivity contribution < 1.29 is 9.18 Å². The Morgan fingerprint density at radius 2 is 2.09 bits per heavy atom. The predicted octanol–water partition coefficient (Wildman–Crippen LogP) is 2.71. The van der Waals surface area contributed by atoms with E-state index >= 15 is 0 Å². The van der Waals surface area contributed by atoms with Crippen LogP contribution in [0.4, 0.5) is 4.39 Å². The summed E-state index contributed by atoms with van der Waals surface area (Å²) in [6.07, 6.45) is 4.35. The highest BCUT2D eigenvalue weighted by atomic mass is 35.5. The molecule has 0 radical (unpaired) electrons. The molecule has 5 nitrogen and oxygen atoms in total. The highest BCUT2D eigenvalue weighted by molar-refractivity contribution is 6.31. The summed E-state index contributed by atoms with van der Waals surface area (Å²) < 4.78 is 13.5. The molecule has 2 aliphatic rings. The van der Waals surface area contributed by atoms with E-state index < -0.39 is 5.82 Å². The molecular weight excluding hydrogens is 319 g/mol. The van der Waals surface area contributed by atoms with Crippen molar-refractivity contribution in [1.82, 2.24) is 20.2 Å². The fourth-order valence-electron chi connectivity index (χ4n) is 3.90. The fourth-order valence-corrected chi connectivity index (χ4v) is 4.05. The van der Waals surface area contributed by atoms with E-state index in [4.69, 9.17) is 11.6 Å². The molecule has 2 aromatic rings. The van der Waals surface area contributed by atoms with Crippen LogP contribution < -0.4 is 5.32 Å². The maximum atomic E-state index is 13.5. The number of halogens is 2. The van der Waals surface area contributed by atoms with Gasteiger partial charge in [0.15, 0.2) is 5.82 Å². The van der Waals surface area contributed by atoms with Crippen LogP contribution in [0.1, 0.15) is 36.3 Å². The van der Waals surface area contributed by atoms with Crippen LogP contribution in [0.3, 0.4) is 0 Å². The minimum atomic E-state index is -0.526. The number of aromatic amines is 1. The third-order valence-corrected chi connectivity index (χ3v) is 5.46. The maximum absolute atomic E-state index is 13.5. The molecule has 4 rings (SSSR count). The van der Waals surface area contributed by atoms with E-state index in [2.05, 4.69) is 27.2 Å². The van der Waals surface area contributed by atoms with Gasteiger partial charge in [-0.3, -0.25) is 4.79 Å². The topological polar surface area (TPSA) is 61.0 Å². The molecule has 3 heterocycles. The normalized spacial score (nSPS) is 27.5. The molecule has 2 bridgehead atoms. The first-order valence-electron chi connectivity index (χ1n) is 7.89. The molecule has 0 aliphatic carbocycles. The van der Waals surface area contributed by atoms with Gasteiger partial charge in [0.05, 0.1) is 16.1 Å². The van der Waals surface area contributed by atoms with Crippen molar-refractivity contribution in [3.8, 4) is 0 Å². The lowest BCUT2D eigenvalue weighted by Gasteiger charge is -2.36. The van der Waals surface area contributed by atoms with Crippen molar-refractivity contribution in [1.29, 1.82) is 0 Å². The van der Waals surface area contributed by atoms with Crippen LogP contribution in [-0.4, -0.2) is 45.9 Å². The molecule has 2 unspecified atom stereocenters. The number of imidazole rings is 1. The van der Waals surface area contributed by atoms with E-state index in [-0.39, 0.29) is 22.8 Å². The number of aromatic nitrogens is 2. The van der Waals surface area contributed by atoms with Gasteiger partial charge in [-0.25, -0.2) is 9.37 Å². The first-order chi connectivity index (χ1) is 11.0. The van der Waals surface area contributed by atoms with Gasteiger partial charge in [-0.1, -0.05) is 11.6 Å². The van der Waals surface area contributed by atoms with Crippen LogP contribution in [0.15, 0.2) is 12.1 Å². The van der Waals surface area contributed by atoms with Crippen molar-refractivity contribution in [2.45, 2.75) is 43.8 Å². The molecule has 0 spiro atoms. The molecule has 2 atom stereocenters. The lowest BCUT2D eigenvalue weighted by atomic mass is 9.98. The van der Waals surface area contributed by atoms with Crippen LogP contribution in [-0.2, 0) is 0 Å². The lowest BCUT2D eigenvalue weighted by molar-refractivity contribution is 0.0873. The Labute approximate surface area is 138 Å². The van der Waals surface area contributed by atoms with Gasteiger partial charge < -0.3 is 15.2 Å². The number of nitrogens with one attached hydrogen (secondary N) is 2. The van der Waals surface area contributed by atoms with Gasteiger partial charge in [0.2, 0.25) is 0 Å². The summed E-state index contributed by atoms with van der Waals surface area (Å²) in [4.78, 5) is 21.9. The zero-order chi connectivity index (χ0) is 16.1. The van der Waals surface area contributed by atoms with E-state index in [9.17, 15) is 9.18 Å². The SMILES string of the molecule is CN1C2CCC1CC(NC(=O)c1nc3cc(Cl)c(F)cc3[nH]1)C2. The minimum absolute atomic E-state index is 0.00264. The van der Waals surface area contributed by atoms with Gasteiger partial charge in [0.25, 0.3) is 5.91 Å². The number of carbonyl (C=O) groups excluding carboxylic acids is 1. The zero-order valence-electron chi connectivity index (χ0n) is 12.8. The molecule has 2 fully saturated rings. The monoisotopic (exact) mass is 336 g/mol. The molecule has 2 aliphatic heterocycles. The molecular formula is C16H18ClFN4O. The van der Waals surface area contributed by atoms with Gasteiger partial charge in [0.1, 0.15) is 5.82 Å². The Balaban J connectivity index is 1.51. The average Bonchev–Trinajstić information content (AvgIpc) is 2.98. The first kappa shape index (κ1) is 14.9. The van der Waals surface area contributed by atoms with Crippen LogP contribution in [0.5, 0.6) is 0 Å². The summed E-state index contributed by atoms with van der Waals surface area (Å²) in [5.74, 6) is -0.568. The number of fused-ring (bicyclic) bond motifs is 3. The molecule has 7 heteroatoms. The zero-order valence-corrected chi connectivity index (χ0v) is 13.5. The first-order valence-corrected chi connectivity index (χ1v) is 8.26. The third-order valence-electron chi connectivity index (χ3n) is 5.17. The number of rotatable bonds is 2. The van der Waals surface area contributed by atoms with E-state index in [0.717, 1.165) is 12.8 Å². The Morgan fingerprint density at radius 1 is 1.39 bits per heavy atom. The largest absolute Gasteiger partial charge is 0.347 e. The summed E-state index contributed by atoms with van der Waals surface area (Å²) in [7, 11) is 2.16. The number of hydrogen-bond donors (Lipinski definition) is 2. The molecule has 1 amide bonds. The summed E-state index contributed by atoms with van der Waals surface area (Å²) in [6, 6.07) is 3.97. The minimum Gasteiger partial charge on any atom is -0.347 e. The van der Waals surface area contributed by atoms with Crippen LogP contribution in [0.2, 0.25) is 5.02 Å². The second-order valence-corrected chi connectivity index (χ2v) is 6.97. The molecule has 122 valence electrons. The van der Waals surface area contributed by atoms with Crippen molar-refractivity contribution in [3.05, 3.63) is 28.8 Å². The average molecular weight is 337 g/mol. The van der Waals surface area contributed by atoms with Gasteiger partial charge in [0, 0.05) is 24.2 Å². The maximum Gasteiger partial charge on any atom is 0.287 e. The molecule has 1 aromatic heterocycles. The molecule has 2 saturated heterocycles. The number of piperidine rings is 1. The third kappa shape index (κ3) is 2.60. The number of nitrogens with zero attached hydrogens (tertiary/aromatic N) is 2. The number of carbonyl (C=O) groups is 1. The van der Waals surface area contributed by atoms with Crippen LogP contribution in [0, 0.1) is 5.82 Å². The summed E-state index contributed by atoms with van der Waals surface area (Å²) >= 11 is 5.75. The second-order valence-electron chi connectivity index (χ2n) is 6.56. The summed E-state index contributed by atoms with van der Waals surface area (Å²) in [5, 5.41) is 3.06. The van der Waals surface area contributed by atoms with Gasteiger partial charge in [-0.2, -0.15) is 0 Å². The van der Waals surface area contributed by atoms with Crippen molar-refractivity contribution in [2.75, 3.05) is 7.05 Å². The predicted molar refractivity (Wildman–Crippen MR) is 86.1 cm³/mol. The van der Waals surface area contributed by atoms with E-state index in [1.165, 1.54) is 25.0 Å². The van der Waals surface area contributed by atoms with Gasteiger partial charge >= 0.3 is 0 Å². The standard InChI is InChI=1S/C16H18ClFN4O/c1-22-9-2-3-10(22)5-8(4-9)19-16(23)15-20-13-6-11(17)12(18)7-14(13)21-15/h6-10H,2-5H2,1H3,(H,19,23)(H,20,21). The fraction of sp³-hybridized carbons (Fsp3) is 0.500. The Hall–Kier alpha value is -1.66. The highest BCUT2D eigenvalue weighted by Gasteiger charge is 2.39. The Morgan fingerprint density at radius 3 is 2.78 bits per heavy atom. The summed E-state index contributed by atoms with van der Waals surface area (Å²) in [5.41, 5.74) is 0.963. The lowest BCUT2D eigenvalue weighted by Crippen LogP contribution is -2.48. The molecule has 23 heavy (non-hydrogen) atoms. The Kier molecular flexibility index (Phi) is 3.54. The number of benzene rings is 1. The number of hydrogen-bond acceptors (Lipinski definition) is 3. The highest BCUT2D eigenvalue weighted by Crippen LogP contribution is 2.34. The van der Waals surface area contributed by atoms with Gasteiger partial charge in [-0.05, 0) is 38.8 Å². The molecule has 0 saturated carbocycles. The van der Waals surface area contributed by atoms with Crippen molar-refractivity contribution in [2.24, 2.45) is 0 Å². The molecule has 2 N–H and O–H groups in total. The van der Waals surface area contributed by atoms with E-state index in [1.54, 1.807) is 0 Å². The quantitative estimate of drug-likeness (QED) is 0.886. The van der Waals surface area contributed by atoms with Crippen LogP contribution in [0.25, 0.3) is 11.0 Å². The summed E-state index contributed by atoms with van der Waals surface area (Å²) in [6.45, 7) is 0. The van der Waals surface area contributed by atoms with Gasteiger partial charge in [-0.15, -0.1) is 0 Å². The van der Waals surface area contributed by atoms with E-state index in [1.807, 2.05) is 0 Å². The van der Waals surface area contributed by atoms with Crippen LogP contribution >= 0.6 is 11.6 Å². The Bertz CT molecular complexity index is 724.